The van der Waals surface area contributed by atoms with Gasteiger partial charge in [-0.05, 0) is 68.6 Å². The normalized spacial score (nSPS) is 17.2. The number of fused-ring (bicyclic) bond motifs is 2. The monoisotopic (exact) mass is 397 g/mol. The van der Waals surface area contributed by atoms with Crippen LogP contribution >= 0.6 is 0 Å². The maximum absolute atomic E-state index is 5.03. The third kappa shape index (κ3) is 3.39. The van der Waals surface area contributed by atoms with Gasteiger partial charge in [0, 0.05) is 18.6 Å². The molecule has 0 aliphatic heterocycles. The number of hydrogen-bond donors (Lipinski definition) is 0. The van der Waals surface area contributed by atoms with Gasteiger partial charge in [0.1, 0.15) is 5.82 Å². The SMILES string of the molecule is CC(c1cccnc1)n1c(CN(C)C2CCCc3cccnc32)nc2ccccc21. The standard InChI is InChI=1S/C25H27N5/c1-18(20-10-6-14-26-16-20)30-22-12-4-3-11-21(22)28-24(30)17-29(2)23-13-5-8-19-9-7-15-27-25(19)23/h3-4,6-7,9-12,14-16,18,23H,5,8,13,17H2,1-2H3. The summed E-state index contributed by atoms with van der Waals surface area (Å²) in [6, 6.07) is 17.3. The van der Waals surface area contributed by atoms with E-state index in [0.29, 0.717) is 6.04 Å². The highest BCUT2D eigenvalue weighted by atomic mass is 15.2. The van der Waals surface area contributed by atoms with E-state index in [-0.39, 0.29) is 6.04 Å². The van der Waals surface area contributed by atoms with Crippen molar-refractivity contribution in [2.24, 2.45) is 0 Å². The molecule has 5 nitrogen and oxygen atoms in total. The van der Waals surface area contributed by atoms with Crippen LogP contribution in [0.4, 0.5) is 0 Å². The number of benzene rings is 1. The minimum absolute atomic E-state index is 0.159. The number of pyridine rings is 2. The van der Waals surface area contributed by atoms with Gasteiger partial charge in [-0.3, -0.25) is 14.9 Å². The quantitative estimate of drug-likeness (QED) is 0.478. The van der Waals surface area contributed by atoms with E-state index in [1.165, 1.54) is 28.8 Å². The summed E-state index contributed by atoms with van der Waals surface area (Å²) in [4.78, 5) is 16.5. The molecule has 0 radical (unpaired) electrons. The fourth-order valence-electron chi connectivity index (χ4n) is 4.76. The third-order valence-corrected chi connectivity index (χ3v) is 6.31. The number of imidazole rings is 1. The van der Waals surface area contributed by atoms with Crippen LogP contribution in [0.25, 0.3) is 11.0 Å². The maximum atomic E-state index is 5.03. The molecule has 3 aromatic heterocycles. The van der Waals surface area contributed by atoms with Crippen molar-refractivity contribution in [3.05, 3.63) is 89.8 Å². The lowest BCUT2D eigenvalue weighted by atomic mass is 9.91. The zero-order valence-corrected chi connectivity index (χ0v) is 17.6. The summed E-state index contributed by atoms with van der Waals surface area (Å²) in [5.41, 5.74) is 6.01. The Morgan fingerprint density at radius 2 is 1.97 bits per heavy atom. The van der Waals surface area contributed by atoms with Gasteiger partial charge in [0.05, 0.1) is 35.4 Å². The zero-order valence-electron chi connectivity index (χ0n) is 17.6. The predicted molar refractivity (Wildman–Crippen MR) is 119 cm³/mol. The van der Waals surface area contributed by atoms with E-state index in [2.05, 4.69) is 70.9 Å². The van der Waals surface area contributed by atoms with Crippen LogP contribution in [0.15, 0.2) is 67.1 Å². The van der Waals surface area contributed by atoms with Crippen LogP contribution in [0.2, 0.25) is 0 Å². The van der Waals surface area contributed by atoms with Gasteiger partial charge in [-0.1, -0.05) is 24.3 Å². The fraction of sp³-hybridized carbons (Fsp3) is 0.320. The van der Waals surface area contributed by atoms with Crippen LogP contribution in [0, 0.1) is 0 Å². The molecule has 0 saturated heterocycles. The lowest BCUT2D eigenvalue weighted by Gasteiger charge is -2.32. The summed E-state index contributed by atoms with van der Waals surface area (Å²) >= 11 is 0. The fourth-order valence-corrected chi connectivity index (χ4v) is 4.76. The number of aromatic nitrogens is 4. The molecule has 5 rings (SSSR count). The molecule has 2 unspecified atom stereocenters. The highest BCUT2D eigenvalue weighted by molar-refractivity contribution is 5.76. The molecule has 1 aliphatic carbocycles. The van der Waals surface area contributed by atoms with Crippen LogP contribution in [-0.2, 0) is 13.0 Å². The number of aryl methyl sites for hydroxylation is 1. The van der Waals surface area contributed by atoms with Crippen molar-refractivity contribution in [3.63, 3.8) is 0 Å². The second kappa shape index (κ2) is 8.00. The van der Waals surface area contributed by atoms with E-state index in [4.69, 9.17) is 9.97 Å². The maximum Gasteiger partial charge on any atom is 0.124 e. The number of para-hydroxylation sites is 2. The Balaban J connectivity index is 1.52. The molecule has 1 aliphatic rings. The Kier molecular flexibility index (Phi) is 5.05. The van der Waals surface area contributed by atoms with E-state index in [9.17, 15) is 0 Å². The summed E-state index contributed by atoms with van der Waals surface area (Å²) < 4.78 is 2.37. The van der Waals surface area contributed by atoms with Gasteiger partial charge >= 0.3 is 0 Å². The number of nitrogens with zero attached hydrogens (tertiary/aromatic N) is 5. The van der Waals surface area contributed by atoms with E-state index in [1.54, 1.807) is 0 Å². The highest BCUT2D eigenvalue weighted by Crippen LogP contribution is 2.34. The first-order valence-corrected chi connectivity index (χ1v) is 10.7. The van der Waals surface area contributed by atoms with E-state index < -0.39 is 0 Å². The molecule has 0 amide bonds. The molecule has 4 aromatic rings. The Bertz CT molecular complexity index is 1150. The lowest BCUT2D eigenvalue weighted by molar-refractivity contribution is 0.201. The van der Waals surface area contributed by atoms with Crippen molar-refractivity contribution in [3.8, 4) is 0 Å². The van der Waals surface area contributed by atoms with Gasteiger partial charge in [0.2, 0.25) is 0 Å². The summed E-state index contributed by atoms with van der Waals surface area (Å²) in [5, 5.41) is 0. The van der Waals surface area contributed by atoms with E-state index in [0.717, 1.165) is 30.7 Å². The smallest absolute Gasteiger partial charge is 0.124 e. The van der Waals surface area contributed by atoms with Gasteiger partial charge in [-0.2, -0.15) is 0 Å². The number of rotatable bonds is 5. The molecule has 0 bridgehead atoms. The highest BCUT2D eigenvalue weighted by Gasteiger charge is 2.27. The van der Waals surface area contributed by atoms with Gasteiger partial charge < -0.3 is 4.57 Å². The summed E-state index contributed by atoms with van der Waals surface area (Å²) in [5.74, 6) is 1.08. The molecule has 3 heterocycles. The number of hydrogen-bond acceptors (Lipinski definition) is 4. The van der Waals surface area contributed by atoms with Crippen molar-refractivity contribution < 1.29 is 0 Å². The average Bonchev–Trinajstić information content (AvgIpc) is 3.16. The van der Waals surface area contributed by atoms with Gasteiger partial charge in [-0.25, -0.2) is 4.98 Å². The van der Waals surface area contributed by atoms with Crippen molar-refractivity contribution in [2.45, 2.75) is 44.8 Å². The minimum Gasteiger partial charge on any atom is -0.319 e. The first-order valence-electron chi connectivity index (χ1n) is 10.7. The molecule has 5 heteroatoms. The molecule has 30 heavy (non-hydrogen) atoms. The minimum atomic E-state index is 0.159. The van der Waals surface area contributed by atoms with Crippen LogP contribution < -0.4 is 0 Å². The second-order valence-electron chi connectivity index (χ2n) is 8.22. The molecule has 2 atom stereocenters. The largest absolute Gasteiger partial charge is 0.319 e. The van der Waals surface area contributed by atoms with Crippen molar-refractivity contribution in [1.29, 1.82) is 0 Å². The molecule has 0 N–H and O–H groups in total. The second-order valence-corrected chi connectivity index (χ2v) is 8.22. The van der Waals surface area contributed by atoms with Crippen LogP contribution in [0.5, 0.6) is 0 Å². The summed E-state index contributed by atoms with van der Waals surface area (Å²) in [6.45, 7) is 3.01. The molecule has 152 valence electrons. The first kappa shape index (κ1) is 18.9. The van der Waals surface area contributed by atoms with E-state index in [1.807, 2.05) is 24.7 Å². The molecular weight excluding hydrogens is 370 g/mol. The van der Waals surface area contributed by atoms with Crippen LogP contribution in [-0.4, -0.2) is 31.5 Å². The Morgan fingerprint density at radius 3 is 2.83 bits per heavy atom. The third-order valence-electron chi connectivity index (χ3n) is 6.31. The average molecular weight is 398 g/mol. The van der Waals surface area contributed by atoms with Crippen LogP contribution in [0.3, 0.4) is 0 Å². The lowest BCUT2D eigenvalue weighted by Crippen LogP contribution is -2.29. The van der Waals surface area contributed by atoms with Crippen molar-refractivity contribution in [2.75, 3.05) is 7.05 Å². The summed E-state index contributed by atoms with van der Waals surface area (Å²) in [6.07, 6.45) is 9.17. The molecule has 1 aromatic carbocycles. The summed E-state index contributed by atoms with van der Waals surface area (Å²) in [7, 11) is 2.20. The van der Waals surface area contributed by atoms with Gasteiger partial charge in [-0.15, -0.1) is 0 Å². The molecule has 0 saturated carbocycles. The first-order chi connectivity index (χ1) is 14.7. The Morgan fingerprint density at radius 1 is 1.10 bits per heavy atom. The molecular formula is C25H27N5. The van der Waals surface area contributed by atoms with Gasteiger partial charge in [0.25, 0.3) is 0 Å². The van der Waals surface area contributed by atoms with Crippen LogP contribution in [0.1, 0.15) is 54.5 Å². The topological polar surface area (TPSA) is 46.8 Å². The Labute approximate surface area is 177 Å². The zero-order chi connectivity index (χ0) is 20.5. The van der Waals surface area contributed by atoms with Crippen molar-refractivity contribution >= 4 is 11.0 Å². The van der Waals surface area contributed by atoms with Gasteiger partial charge in [0.15, 0.2) is 0 Å². The predicted octanol–water partition coefficient (Wildman–Crippen LogP) is 4.95. The van der Waals surface area contributed by atoms with E-state index >= 15 is 0 Å². The Hall–Kier alpha value is -3.05. The molecule has 0 spiro atoms. The molecule has 0 fully saturated rings. The van der Waals surface area contributed by atoms with Crippen molar-refractivity contribution in [1.82, 2.24) is 24.4 Å².